The van der Waals surface area contributed by atoms with Gasteiger partial charge in [-0.25, -0.2) is 24.4 Å². The number of carboxylic acids is 1. The summed E-state index contributed by atoms with van der Waals surface area (Å²) in [7, 11) is 1.93. The molecule has 1 saturated heterocycles. The minimum atomic E-state index is -1.18. The second kappa shape index (κ2) is 12.2. The van der Waals surface area contributed by atoms with Crippen LogP contribution in [0.5, 0.6) is 0 Å². The van der Waals surface area contributed by atoms with Crippen LogP contribution < -0.4 is 0 Å². The number of carboxylic acid groups (broad SMARTS) is 1. The highest BCUT2D eigenvalue weighted by molar-refractivity contribution is 7.22. The number of thiazole rings is 1. The second-order valence-electron chi connectivity index (χ2n) is 14.3. The first-order chi connectivity index (χ1) is 22.4. The van der Waals surface area contributed by atoms with E-state index in [0.29, 0.717) is 27.2 Å². The van der Waals surface area contributed by atoms with Crippen molar-refractivity contribution in [2.24, 2.45) is 13.0 Å². The number of aromatic nitrogens is 5. The Morgan fingerprint density at radius 3 is 2.47 bits per heavy atom. The molecule has 0 bridgehead atoms. The number of halogens is 1. The van der Waals surface area contributed by atoms with Gasteiger partial charge in [0.15, 0.2) is 11.8 Å². The van der Waals surface area contributed by atoms with Crippen LogP contribution in [0.4, 0.5) is 0 Å². The van der Waals surface area contributed by atoms with E-state index in [2.05, 4.69) is 11.8 Å². The standard InChI is InChI=1S/C36H41ClN6O3S/c1-19-15-24(16-19)43-13-11-22(12-14-43)29-30-33(42(6)41-29)38-18-26(39-30)34-40-25-17-20(2)27(31(35(44)45)46-36(3,4)5)28(32(25)47-34)21-7-9-23(37)10-8-21/h7-10,17-19,22,24,31H,11-16H2,1-6H3,(H,44,45)/t19-,24-,31-/m0/s1. The molecule has 0 spiro atoms. The van der Waals surface area contributed by atoms with Gasteiger partial charge in [0.05, 0.1) is 27.7 Å². The predicted octanol–water partition coefficient (Wildman–Crippen LogP) is 8.19. The van der Waals surface area contributed by atoms with Crippen LogP contribution in [-0.2, 0) is 16.6 Å². The van der Waals surface area contributed by atoms with Gasteiger partial charge in [0, 0.05) is 35.2 Å². The van der Waals surface area contributed by atoms with E-state index < -0.39 is 17.7 Å². The number of hydrogen-bond donors (Lipinski definition) is 1. The lowest BCUT2D eigenvalue weighted by atomic mass is 9.79. The van der Waals surface area contributed by atoms with Crippen LogP contribution in [0.1, 0.15) is 82.2 Å². The smallest absolute Gasteiger partial charge is 0.337 e. The maximum absolute atomic E-state index is 12.7. The molecule has 4 heterocycles. The molecule has 3 aromatic heterocycles. The first-order valence-electron chi connectivity index (χ1n) is 16.4. The molecule has 0 radical (unpaired) electrons. The van der Waals surface area contributed by atoms with Crippen LogP contribution in [0.15, 0.2) is 36.5 Å². The minimum Gasteiger partial charge on any atom is -0.479 e. The molecule has 47 heavy (non-hydrogen) atoms. The first-order valence-corrected chi connectivity index (χ1v) is 17.6. The van der Waals surface area contributed by atoms with E-state index in [9.17, 15) is 9.90 Å². The quantitative estimate of drug-likeness (QED) is 0.184. The van der Waals surface area contributed by atoms with Crippen molar-refractivity contribution >= 4 is 50.3 Å². The van der Waals surface area contributed by atoms with Crippen molar-refractivity contribution in [2.75, 3.05) is 13.1 Å². The summed E-state index contributed by atoms with van der Waals surface area (Å²) in [6, 6.07) is 10.2. The van der Waals surface area contributed by atoms with Crippen LogP contribution in [0.3, 0.4) is 0 Å². The van der Waals surface area contributed by atoms with E-state index in [-0.39, 0.29) is 0 Å². The highest BCUT2D eigenvalue weighted by Crippen LogP contribution is 2.45. The average molecular weight is 673 g/mol. The number of benzene rings is 2. The van der Waals surface area contributed by atoms with Crippen LogP contribution >= 0.6 is 22.9 Å². The second-order valence-corrected chi connectivity index (χ2v) is 15.7. The number of carbonyl (C=O) groups is 1. The summed E-state index contributed by atoms with van der Waals surface area (Å²) in [5.74, 6) is 0.141. The van der Waals surface area contributed by atoms with Gasteiger partial charge in [-0.05, 0) is 102 Å². The number of likely N-dealkylation sites (tertiary alicyclic amines) is 1. The number of aryl methyl sites for hydroxylation is 2. The Kier molecular flexibility index (Phi) is 8.35. The molecular formula is C36H41ClN6O3S. The summed E-state index contributed by atoms with van der Waals surface area (Å²) in [4.78, 5) is 30.4. The number of ether oxygens (including phenoxy) is 1. The fourth-order valence-electron chi connectivity index (χ4n) is 7.27. The maximum atomic E-state index is 12.7. The zero-order valence-corrected chi connectivity index (χ0v) is 29.3. The van der Waals surface area contributed by atoms with Gasteiger partial charge in [-0.2, -0.15) is 5.10 Å². The topological polar surface area (TPSA) is 106 Å². The minimum absolute atomic E-state index is 0.338. The van der Waals surface area contributed by atoms with E-state index in [4.69, 9.17) is 36.4 Å². The van der Waals surface area contributed by atoms with Gasteiger partial charge in [-0.1, -0.05) is 30.7 Å². The molecule has 9 nitrogen and oxygen atoms in total. The van der Waals surface area contributed by atoms with Gasteiger partial charge in [-0.3, -0.25) is 0 Å². The molecule has 1 saturated carbocycles. The molecule has 1 N–H and O–H groups in total. The van der Waals surface area contributed by atoms with Crippen LogP contribution in [0.25, 0.3) is 43.2 Å². The molecule has 11 heteroatoms. The zero-order valence-electron chi connectivity index (χ0n) is 27.7. The fourth-order valence-corrected chi connectivity index (χ4v) is 8.48. The van der Waals surface area contributed by atoms with Crippen molar-refractivity contribution in [3.8, 4) is 21.8 Å². The lowest BCUT2D eigenvalue weighted by Crippen LogP contribution is -2.47. The lowest BCUT2D eigenvalue weighted by molar-refractivity contribution is -0.160. The summed E-state index contributed by atoms with van der Waals surface area (Å²) in [5.41, 5.74) is 6.39. The number of fused-ring (bicyclic) bond motifs is 2. The number of aliphatic carboxylic acids is 1. The third-order valence-electron chi connectivity index (χ3n) is 9.58. The van der Waals surface area contributed by atoms with Crippen molar-refractivity contribution in [1.29, 1.82) is 0 Å². The van der Waals surface area contributed by atoms with Crippen molar-refractivity contribution in [2.45, 2.75) is 84.0 Å². The van der Waals surface area contributed by atoms with E-state index >= 15 is 0 Å². The van der Waals surface area contributed by atoms with E-state index in [1.165, 1.54) is 24.2 Å². The summed E-state index contributed by atoms with van der Waals surface area (Å²) < 4.78 is 8.87. The normalized spacial score (nSPS) is 20.1. The Hall–Kier alpha value is -3.44. The highest BCUT2D eigenvalue weighted by atomic mass is 35.5. The average Bonchev–Trinajstić information content (AvgIpc) is 3.58. The third kappa shape index (κ3) is 6.17. The number of rotatable bonds is 7. The summed E-state index contributed by atoms with van der Waals surface area (Å²) in [6.45, 7) is 12.0. The van der Waals surface area contributed by atoms with Crippen molar-refractivity contribution in [3.63, 3.8) is 0 Å². The third-order valence-corrected chi connectivity index (χ3v) is 10.9. The van der Waals surface area contributed by atoms with Crippen molar-refractivity contribution < 1.29 is 14.6 Å². The molecule has 7 rings (SSSR count). The van der Waals surface area contributed by atoms with Gasteiger partial charge in [0.25, 0.3) is 0 Å². The number of nitrogens with zero attached hydrogens (tertiary/aromatic N) is 6. The van der Waals surface area contributed by atoms with Gasteiger partial charge >= 0.3 is 5.97 Å². The lowest BCUT2D eigenvalue weighted by Gasteiger charge is -2.44. The van der Waals surface area contributed by atoms with Gasteiger partial charge in [0.2, 0.25) is 0 Å². The van der Waals surface area contributed by atoms with Crippen LogP contribution in [-0.4, -0.2) is 65.4 Å². The molecule has 1 aliphatic carbocycles. The number of hydrogen-bond acceptors (Lipinski definition) is 8. The Balaban J connectivity index is 1.31. The molecule has 246 valence electrons. The monoisotopic (exact) mass is 672 g/mol. The Morgan fingerprint density at radius 1 is 1.13 bits per heavy atom. The number of piperidine rings is 1. The SMILES string of the molecule is Cc1cc2nc(-c3cnc4c(n3)c(C3CCN([C@H]5C[C@H](C)C5)CC3)nn4C)sc2c(-c2ccc(Cl)cc2)c1[C@H](OC(C)(C)C)C(=O)O. The largest absolute Gasteiger partial charge is 0.479 e. The molecule has 2 fully saturated rings. The predicted molar refractivity (Wildman–Crippen MR) is 187 cm³/mol. The van der Waals surface area contributed by atoms with E-state index in [1.807, 2.05) is 69.8 Å². The molecule has 5 aromatic rings. The van der Waals surface area contributed by atoms with E-state index in [1.54, 1.807) is 6.20 Å². The summed E-state index contributed by atoms with van der Waals surface area (Å²) in [5, 5.41) is 16.7. The van der Waals surface area contributed by atoms with Crippen molar-refractivity contribution in [1.82, 2.24) is 29.6 Å². The maximum Gasteiger partial charge on any atom is 0.337 e. The highest BCUT2D eigenvalue weighted by Gasteiger charge is 2.35. The molecule has 2 aliphatic rings. The zero-order chi connectivity index (χ0) is 33.2. The van der Waals surface area contributed by atoms with Gasteiger partial charge in [-0.15, -0.1) is 11.3 Å². The summed E-state index contributed by atoms with van der Waals surface area (Å²) >= 11 is 7.76. The first kappa shape index (κ1) is 32.1. The van der Waals surface area contributed by atoms with Gasteiger partial charge in [0.1, 0.15) is 16.2 Å². The molecule has 0 amide bonds. The fraction of sp³-hybridized carbons (Fsp3) is 0.472. The Labute approximate surface area is 284 Å². The Bertz CT molecular complexity index is 1970. The van der Waals surface area contributed by atoms with Crippen molar-refractivity contribution in [3.05, 3.63) is 58.4 Å². The van der Waals surface area contributed by atoms with Gasteiger partial charge < -0.3 is 14.7 Å². The molecule has 2 aromatic carbocycles. The molecular weight excluding hydrogens is 632 g/mol. The van der Waals surface area contributed by atoms with Crippen LogP contribution in [0.2, 0.25) is 5.02 Å². The van der Waals surface area contributed by atoms with E-state index in [0.717, 1.165) is 81.7 Å². The molecule has 0 unspecified atom stereocenters. The van der Waals surface area contributed by atoms with Crippen LogP contribution in [0, 0.1) is 12.8 Å². The Morgan fingerprint density at radius 2 is 1.83 bits per heavy atom. The summed E-state index contributed by atoms with van der Waals surface area (Å²) in [6.07, 6.45) is 5.36. The molecule has 1 atom stereocenters. The molecule has 1 aliphatic heterocycles.